The van der Waals surface area contributed by atoms with Gasteiger partial charge in [0, 0.05) is 25.7 Å². The molecule has 1 aliphatic carbocycles. The summed E-state index contributed by atoms with van der Waals surface area (Å²) in [5, 5.41) is 3.28. The fourth-order valence-electron chi connectivity index (χ4n) is 4.17. The molecule has 0 unspecified atom stereocenters. The van der Waals surface area contributed by atoms with E-state index in [1.165, 1.54) is 6.42 Å². The first kappa shape index (κ1) is 16.1. The molecular formula is C17H31N3O2. The van der Waals surface area contributed by atoms with E-state index in [9.17, 15) is 4.79 Å². The van der Waals surface area contributed by atoms with Gasteiger partial charge in [-0.05, 0) is 44.6 Å². The van der Waals surface area contributed by atoms with Crippen LogP contribution in [0.25, 0.3) is 0 Å². The van der Waals surface area contributed by atoms with Crippen molar-refractivity contribution >= 4 is 6.03 Å². The highest BCUT2D eigenvalue weighted by atomic mass is 16.5. The van der Waals surface area contributed by atoms with Gasteiger partial charge >= 0.3 is 6.03 Å². The van der Waals surface area contributed by atoms with Gasteiger partial charge in [0.1, 0.15) is 0 Å². The van der Waals surface area contributed by atoms with E-state index >= 15 is 0 Å². The smallest absolute Gasteiger partial charge is 0.317 e. The molecule has 2 amide bonds. The van der Waals surface area contributed by atoms with E-state index in [4.69, 9.17) is 4.74 Å². The van der Waals surface area contributed by atoms with E-state index in [0.29, 0.717) is 24.1 Å². The van der Waals surface area contributed by atoms with Crippen molar-refractivity contribution in [2.45, 2.75) is 57.7 Å². The highest BCUT2D eigenvalue weighted by molar-refractivity contribution is 5.74. The van der Waals surface area contributed by atoms with Crippen molar-refractivity contribution in [3.05, 3.63) is 0 Å². The molecule has 3 fully saturated rings. The first-order valence-electron chi connectivity index (χ1n) is 8.92. The second-order valence-electron chi connectivity index (χ2n) is 7.61. The second kappa shape index (κ2) is 6.75. The lowest BCUT2D eigenvalue weighted by molar-refractivity contribution is -0.0883. The molecule has 0 aromatic carbocycles. The van der Waals surface area contributed by atoms with Crippen molar-refractivity contribution in [3.63, 3.8) is 0 Å². The Bertz CT molecular complexity index is 403. The number of urea groups is 1. The molecule has 3 aliphatic rings. The predicted octanol–water partition coefficient (Wildman–Crippen LogP) is 1.93. The van der Waals surface area contributed by atoms with E-state index in [0.717, 1.165) is 51.4 Å². The lowest BCUT2D eigenvalue weighted by Crippen LogP contribution is -2.61. The van der Waals surface area contributed by atoms with Crippen LogP contribution in [0.4, 0.5) is 4.79 Å². The number of rotatable bonds is 1. The van der Waals surface area contributed by atoms with Gasteiger partial charge in [-0.15, -0.1) is 0 Å². The van der Waals surface area contributed by atoms with E-state index in [2.05, 4.69) is 31.1 Å². The van der Waals surface area contributed by atoms with Crippen LogP contribution < -0.4 is 5.32 Å². The van der Waals surface area contributed by atoms with E-state index in [1.54, 1.807) is 0 Å². The maximum atomic E-state index is 12.6. The summed E-state index contributed by atoms with van der Waals surface area (Å²) in [5.41, 5.74) is 0. The van der Waals surface area contributed by atoms with Gasteiger partial charge in [-0.3, -0.25) is 4.90 Å². The van der Waals surface area contributed by atoms with Crippen LogP contribution in [0, 0.1) is 11.8 Å². The number of likely N-dealkylation sites (N-methyl/N-ethyl adjacent to an activating group) is 1. The maximum Gasteiger partial charge on any atom is 0.317 e. The molecule has 0 aromatic rings. The van der Waals surface area contributed by atoms with Crippen LogP contribution in [0.5, 0.6) is 0 Å². The SMILES string of the molecule is C[C@@H]1CC[C@H](NC(=O)N2CC[C@@H]3OCCN(C)[C@@H]3C2)C[C@@H]1C. The van der Waals surface area contributed by atoms with Gasteiger partial charge in [-0.2, -0.15) is 0 Å². The second-order valence-corrected chi connectivity index (χ2v) is 7.61. The number of morpholine rings is 1. The Morgan fingerprint density at radius 2 is 1.95 bits per heavy atom. The molecule has 0 radical (unpaired) electrons. The van der Waals surface area contributed by atoms with Crippen LogP contribution in [-0.2, 0) is 4.74 Å². The normalized spacial score (nSPS) is 40.1. The number of nitrogens with zero attached hydrogens (tertiary/aromatic N) is 2. The zero-order valence-electron chi connectivity index (χ0n) is 14.3. The number of nitrogens with one attached hydrogen (secondary N) is 1. The molecule has 2 heterocycles. The molecule has 3 rings (SSSR count). The van der Waals surface area contributed by atoms with Gasteiger partial charge in [0.05, 0.1) is 18.8 Å². The zero-order chi connectivity index (χ0) is 15.7. The average molecular weight is 309 g/mol. The van der Waals surface area contributed by atoms with E-state index in [1.807, 2.05) is 4.90 Å². The van der Waals surface area contributed by atoms with E-state index < -0.39 is 0 Å². The van der Waals surface area contributed by atoms with Gasteiger partial charge in [0.25, 0.3) is 0 Å². The van der Waals surface area contributed by atoms with Crippen molar-refractivity contribution in [1.82, 2.24) is 15.1 Å². The third-order valence-corrected chi connectivity index (χ3v) is 6.08. The quantitative estimate of drug-likeness (QED) is 0.805. The molecule has 0 spiro atoms. The summed E-state index contributed by atoms with van der Waals surface area (Å²) < 4.78 is 5.86. The van der Waals surface area contributed by atoms with Crippen LogP contribution in [0.15, 0.2) is 0 Å². The first-order valence-corrected chi connectivity index (χ1v) is 8.92. The molecule has 5 nitrogen and oxygen atoms in total. The lowest BCUT2D eigenvalue weighted by Gasteiger charge is -2.46. The number of carbonyl (C=O) groups excluding carboxylic acids is 1. The van der Waals surface area contributed by atoms with Crippen LogP contribution in [0.3, 0.4) is 0 Å². The predicted molar refractivity (Wildman–Crippen MR) is 86.8 cm³/mol. The number of hydrogen-bond acceptors (Lipinski definition) is 3. The van der Waals surface area contributed by atoms with Gasteiger partial charge in [0.2, 0.25) is 0 Å². The molecule has 1 saturated carbocycles. The summed E-state index contributed by atoms with van der Waals surface area (Å²) in [5.74, 6) is 1.50. The average Bonchev–Trinajstić information content (AvgIpc) is 2.51. The number of hydrogen-bond donors (Lipinski definition) is 1. The highest BCUT2D eigenvalue weighted by Crippen LogP contribution is 2.29. The summed E-state index contributed by atoms with van der Waals surface area (Å²) >= 11 is 0. The summed E-state index contributed by atoms with van der Waals surface area (Å²) in [6.07, 6.45) is 4.74. The Kier molecular flexibility index (Phi) is 4.93. The topological polar surface area (TPSA) is 44.8 Å². The lowest BCUT2D eigenvalue weighted by atomic mass is 9.79. The van der Waals surface area contributed by atoms with Gasteiger partial charge < -0.3 is 15.0 Å². The monoisotopic (exact) mass is 309 g/mol. The molecule has 126 valence electrons. The van der Waals surface area contributed by atoms with Crippen molar-refractivity contribution < 1.29 is 9.53 Å². The minimum atomic E-state index is 0.129. The van der Waals surface area contributed by atoms with Crippen molar-refractivity contribution in [2.75, 3.05) is 33.3 Å². The largest absolute Gasteiger partial charge is 0.375 e. The number of likely N-dealkylation sites (tertiary alicyclic amines) is 1. The summed E-state index contributed by atoms with van der Waals surface area (Å²) in [6.45, 7) is 8.04. The summed E-state index contributed by atoms with van der Waals surface area (Å²) in [6, 6.07) is 0.847. The number of carbonyl (C=O) groups is 1. The Morgan fingerprint density at radius 3 is 2.73 bits per heavy atom. The molecule has 2 saturated heterocycles. The number of piperidine rings is 1. The zero-order valence-corrected chi connectivity index (χ0v) is 14.3. The van der Waals surface area contributed by atoms with Crippen LogP contribution in [0.1, 0.15) is 39.5 Å². The van der Waals surface area contributed by atoms with Crippen LogP contribution in [-0.4, -0.2) is 67.3 Å². The molecule has 1 N–H and O–H groups in total. The Morgan fingerprint density at radius 1 is 1.14 bits per heavy atom. The van der Waals surface area contributed by atoms with E-state index in [-0.39, 0.29) is 6.03 Å². The molecule has 0 bridgehead atoms. The van der Waals surface area contributed by atoms with Crippen molar-refractivity contribution in [1.29, 1.82) is 0 Å². The third kappa shape index (κ3) is 3.40. The Labute approximate surface area is 134 Å². The minimum absolute atomic E-state index is 0.129. The Balaban J connectivity index is 1.52. The first-order chi connectivity index (χ1) is 10.5. The molecule has 5 atom stereocenters. The molecule has 2 aliphatic heterocycles. The molecule has 22 heavy (non-hydrogen) atoms. The minimum Gasteiger partial charge on any atom is -0.375 e. The van der Waals surface area contributed by atoms with Gasteiger partial charge in [0.15, 0.2) is 0 Å². The van der Waals surface area contributed by atoms with Crippen LogP contribution in [0.2, 0.25) is 0 Å². The molecule has 5 heteroatoms. The standard InChI is InChI=1S/C17H31N3O2/c1-12-4-5-14(10-13(12)2)18-17(21)20-7-6-16-15(11-20)19(3)8-9-22-16/h12-16H,4-11H2,1-3H3,(H,18,21)/t12-,13+,14+,15-,16+/m1/s1. The number of fused-ring (bicyclic) bond motifs is 1. The summed E-state index contributed by atoms with van der Waals surface area (Å²) in [7, 11) is 2.14. The van der Waals surface area contributed by atoms with Crippen molar-refractivity contribution in [3.8, 4) is 0 Å². The number of amides is 2. The fraction of sp³-hybridized carbons (Fsp3) is 0.941. The van der Waals surface area contributed by atoms with Gasteiger partial charge in [-0.25, -0.2) is 4.79 Å². The van der Waals surface area contributed by atoms with Crippen molar-refractivity contribution in [2.24, 2.45) is 11.8 Å². The highest BCUT2D eigenvalue weighted by Gasteiger charge is 2.37. The maximum absolute atomic E-state index is 12.6. The third-order valence-electron chi connectivity index (χ3n) is 6.08. The number of ether oxygens (including phenoxy) is 1. The Hall–Kier alpha value is -0.810. The fourth-order valence-corrected chi connectivity index (χ4v) is 4.17. The molecule has 0 aromatic heterocycles. The molecular weight excluding hydrogens is 278 g/mol. The summed E-state index contributed by atoms with van der Waals surface area (Å²) in [4.78, 5) is 16.9. The van der Waals surface area contributed by atoms with Crippen LogP contribution >= 0.6 is 0 Å². The van der Waals surface area contributed by atoms with Gasteiger partial charge in [-0.1, -0.05) is 13.8 Å².